The minimum atomic E-state index is -1.90. The third-order valence-corrected chi connectivity index (χ3v) is 2.77. The Morgan fingerprint density at radius 3 is 2.90 bits per heavy atom. The average Bonchev–Trinajstić information content (AvgIpc) is 2.37. The smallest absolute Gasteiger partial charge is 0.410 e. The molecule has 1 aromatic heterocycles. The van der Waals surface area contributed by atoms with Gasteiger partial charge >= 0.3 is 6.09 Å². The monoisotopic (exact) mass is 280 g/mol. The molecule has 5 nitrogen and oxygen atoms in total. The van der Waals surface area contributed by atoms with Gasteiger partial charge in [-0.2, -0.15) is 0 Å². The number of pyridine rings is 1. The summed E-state index contributed by atoms with van der Waals surface area (Å²) in [6.45, 7) is 5.14. The van der Waals surface area contributed by atoms with E-state index in [-0.39, 0.29) is 13.2 Å². The number of rotatable bonds is 1. The molecule has 0 bridgehead atoms. The second-order valence-electron chi connectivity index (χ2n) is 5.81. The van der Waals surface area contributed by atoms with Gasteiger partial charge in [-0.3, -0.25) is 4.98 Å². The van der Waals surface area contributed by atoms with Crippen molar-refractivity contribution in [3.63, 3.8) is 0 Å². The quantitative estimate of drug-likeness (QED) is 0.793. The molecule has 1 aromatic rings. The fraction of sp³-hybridized carbons (Fsp3) is 0.600. The molecule has 0 spiro atoms. The van der Waals surface area contributed by atoms with E-state index in [1.54, 1.807) is 27.0 Å². The van der Waals surface area contributed by atoms with E-state index in [2.05, 4.69) is 4.98 Å². The van der Waals surface area contributed by atoms with Crippen LogP contribution in [0.5, 0.6) is 0 Å². The van der Waals surface area contributed by atoms with Crippen molar-refractivity contribution in [1.29, 1.82) is 0 Å². The maximum Gasteiger partial charge on any atom is 0.410 e. The minimum absolute atomic E-state index is 0.0674. The van der Waals surface area contributed by atoms with E-state index in [1.165, 1.54) is 0 Å². The van der Waals surface area contributed by atoms with Gasteiger partial charge in [0.2, 0.25) is 0 Å². The van der Waals surface area contributed by atoms with Crippen molar-refractivity contribution in [2.24, 2.45) is 0 Å². The molecule has 0 aliphatic carbocycles. The maximum absolute atomic E-state index is 12.2. The zero-order chi connectivity index (χ0) is 16.5. The Bertz CT molecular complexity index is 541. The molecule has 1 aliphatic heterocycles. The van der Waals surface area contributed by atoms with Gasteiger partial charge in [0.1, 0.15) is 11.7 Å². The molecule has 5 heteroatoms. The molecule has 20 heavy (non-hydrogen) atoms. The highest BCUT2D eigenvalue weighted by Gasteiger charge is 2.29. The van der Waals surface area contributed by atoms with Gasteiger partial charge in [-0.05, 0) is 39.3 Å². The first-order valence-corrected chi connectivity index (χ1v) is 6.63. The van der Waals surface area contributed by atoms with Crippen molar-refractivity contribution in [3.8, 4) is 0 Å². The van der Waals surface area contributed by atoms with Crippen LogP contribution in [0.15, 0.2) is 18.3 Å². The Hall–Kier alpha value is -1.62. The number of aromatic nitrogens is 1. The molecule has 1 saturated heterocycles. The topological polar surface area (TPSA) is 51.7 Å². The first-order chi connectivity index (χ1) is 10.1. The van der Waals surface area contributed by atoms with Crippen LogP contribution >= 0.6 is 0 Å². The lowest BCUT2D eigenvalue weighted by Gasteiger charge is -2.34. The van der Waals surface area contributed by atoms with Crippen LogP contribution in [0.3, 0.4) is 0 Å². The summed E-state index contributed by atoms with van der Waals surface area (Å²) in [4.78, 5) is 17.6. The van der Waals surface area contributed by atoms with Crippen molar-refractivity contribution < 1.29 is 17.0 Å². The number of amides is 1. The second-order valence-corrected chi connectivity index (χ2v) is 5.81. The standard InChI is InChI=1S/C15H22N2O3/c1-11-5-6-12(16-9-11)13-10-17(7-8-19-13)14(18)20-15(2,3)4/h5-6,9,13H,7-8,10H2,1-4H3/i7D2. The third-order valence-electron chi connectivity index (χ3n) is 2.77. The van der Waals surface area contributed by atoms with Crippen molar-refractivity contribution in [3.05, 3.63) is 29.6 Å². The maximum atomic E-state index is 12.2. The summed E-state index contributed by atoms with van der Waals surface area (Å²) in [5.41, 5.74) is 1.02. The van der Waals surface area contributed by atoms with Crippen molar-refractivity contribution in [1.82, 2.24) is 9.88 Å². The zero-order valence-electron chi connectivity index (χ0n) is 14.3. The molecule has 0 N–H and O–H groups in total. The molecule has 2 heterocycles. The van der Waals surface area contributed by atoms with Gasteiger partial charge in [0.05, 0.1) is 21.6 Å². The summed E-state index contributed by atoms with van der Waals surface area (Å²) in [6.07, 6.45) is 0.578. The molecular weight excluding hydrogens is 256 g/mol. The number of carbonyl (C=O) groups is 1. The lowest BCUT2D eigenvalue weighted by Crippen LogP contribution is -2.44. The summed E-state index contributed by atoms with van der Waals surface area (Å²) in [5.74, 6) is 0. The number of hydrogen-bond donors (Lipinski definition) is 0. The van der Waals surface area contributed by atoms with E-state index < -0.39 is 24.3 Å². The molecule has 1 fully saturated rings. The van der Waals surface area contributed by atoms with Crippen LogP contribution < -0.4 is 0 Å². The van der Waals surface area contributed by atoms with Crippen molar-refractivity contribution in [2.75, 3.05) is 19.6 Å². The molecule has 1 aliphatic rings. The summed E-state index contributed by atoms with van der Waals surface area (Å²) >= 11 is 0. The Morgan fingerprint density at radius 2 is 2.30 bits per heavy atom. The molecule has 110 valence electrons. The number of carbonyl (C=O) groups excluding carboxylic acids is 1. The SMILES string of the molecule is [2H]C1([2H])COC(c2ccc(C)cn2)CN1C(=O)OC(C)(C)C. The van der Waals surface area contributed by atoms with Crippen LogP contribution in [0.25, 0.3) is 0 Å². The normalized spacial score (nSPS) is 23.8. The molecular formula is C15H22N2O3. The van der Waals surface area contributed by atoms with E-state index in [1.807, 2.05) is 19.1 Å². The predicted molar refractivity (Wildman–Crippen MR) is 75.5 cm³/mol. The van der Waals surface area contributed by atoms with Gasteiger partial charge in [0.25, 0.3) is 0 Å². The molecule has 0 radical (unpaired) electrons. The largest absolute Gasteiger partial charge is 0.444 e. The number of aryl methyl sites for hydroxylation is 1. The highest BCUT2D eigenvalue weighted by Crippen LogP contribution is 2.22. The summed E-state index contributed by atoms with van der Waals surface area (Å²) < 4.78 is 26.7. The molecule has 1 atom stereocenters. The number of ether oxygens (including phenoxy) is 2. The predicted octanol–water partition coefficient (Wildman–Crippen LogP) is 2.70. The number of nitrogens with zero attached hydrogens (tertiary/aromatic N) is 2. The van der Waals surface area contributed by atoms with E-state index in [0.29, 0.717) is 5.69 Å². The Morgan fingerprint density at radius 1 is 1.55 bits per heavy atom. The average molecular weight is 280 g/mol. The highest BCUT2D eigenvalue weighted by molar-refractivity contribution is 5.68. The lowest BCUT2D eigenvalue weighted by atomic mass is 10.1. The van der Waals surface area contributed by atoms with Crippen LogP contribution in [0.2, 0.25) is 0 Å². The zero-order valence-corrected chi connectivity index (χ0v) is 12.3. The number of hydrogen-bond acceptors (Lipinski definition) is 4. The second kappa shape index (κ2) is 5.79. The van der Waals surface area contributed by atoms with Crippen LogP contribution in [0.4, 0.5) is 4.79 Å². The summed E-state index contributed by atoms with van der Waals surface area (Å²) in [5, 5.41) is 0. The van der Waals surface area contributed by atoms with Gasteiger partial charge in [-0.1, -0.05) is 6.07 Å². The van der Waals surface area contributed by atoms with E-state index in [4.69, 9.17) is 12.2 Å². The Labute approximate surface area is 122 Å². The summed E-state index contributed by atoms with van der Waals surface area (Å²) in [7, 11) is 0. The first kappa shape index (κ1) is 12.1. The Balaban J connectivity index is 2.16. The van der Waals surface area contributed by atoms with E-state index in [0.717, 1.165) is 10.5 Å². The highest BCUT2D eigenvalue weighted by atomic mass is 16.6. The van der Waals surface area contributed by atoms with Gasteiger partial charge in [-0.25, -0.2) is 4.79 Å². The van der Waals surface area contributed by atoms with Gasteiger partial charge in [0, 0.05) is 12.7 Å². The van der Waals surface area contributed by atoms with Crippen molar-refractivity contribution in [2.45, 2.75) is 39.4 Å². The molecule has 1 amide bonds. The third kappa shape index (κ3) is 3.93. The fourth-order valence-corrected chi connectivity index (χ4v) is 1.80. The van der Waals surface area contributed by atoms with E-state index >= 15 is 0 Å². The minimum Gasteiger partial charge on any atom is -0.444 e. The first-order valence-electron chi connectivity index (χ1n) is 7.63. The molecule has 0 saturated carbocycles. The molecule has 0 aromatic carbocycles. The van der Waals surface area contributed by atoms with E-state index in [9.17, 15) is 4.79 Å². The van der Waals surface area contributed by atoms with Gasteiger partial charge < -0.3 is 14.4 Å². The fourth-order valence-electron chi connectivity index (χ4n) is 1.80. The lowest BCUT2D eigenvalue weighted by molar-refractivity contribution is -0.0447. The Kier molecular flexibility index (Phi) is 3.52. The van der Waals surface area contributed by atoms with Gasteiger partial charge in [-0.15, -0.1) is 0 Å². The molecule has 2 rings (SSSR count). The van der Waals surface area contributed by atoms with Crippen LogP contribution in [-0.4, -0.2) is 41.2 Å². The number of morpholine rings is 1. The summed E-state index contributed by atoms with van der Waals surface area (Å²) in [6, 6.07) is 3.74. The molecule has 1 unspecified atom stereocenters. The van der Waals surface area contributed by atoms with Crippen molar-refractivity contribution >= 4 is 6.09 Å². The van der Waals surface area contributed by atoms with Crippen LogP contribution in [0.1, 0.15) is 40.9 Å². The van der Waals surface area contributed by atoms with Gasteiger partial charge in [0.15, 0.2) is 0 Å². The van der Waals surface area contributed by atoms with Crippen LogP contribution in [0, 0.1) is 6.92 Å². The van der Waals surface area contributed by atoms with Crippen LogP contribution in [-0.2, 0) is 9.47 Å².